The molecule has 1 rings (SSSR count). The molecule has 0 saturated heterocycles. The lowest BCUT2D eigenvalue weighted by Gasteiger charge is -2.21. The SMILES string of the molecule is CCc1ncc(S(=O)(=O)NCC(C)(C)SC)[nH]1. The van der Waals surface area contributed by atoms with E-state index in [2.05, 4.69) is 14.7 Å². The Hall–Kier alpha value is -0.530. The summed E-state index contributed by atoms with van der Waals surface area (Å²) in [6.07, 6.45) is 4.00. The molecule has 17 heavy (non-hydrogen) atoms. The number of aromatic amines is 1. The van der Waals surface area contributed by atoms with E-state index >= 15 is 0 Å². The molecule has 1 aromatic heterocycles. The molecule has 0 spiro atoms. The maximum atomic E-state index is 11.9. The van der Waals surface area contributed by atoms with E-state index in [9.17, 15) is 8.42 Å². The fourth-order valence-electron chi connectivity index (χ4n) is 1.08. The Morgan fingerprint density at radius 2 is 2.18 bits per heavy atom. The van der Waals surface area contributed by atoms with Gasteiger partial charge >= 0.3 is 0 Å². The molecule has 7 heteroatoms. The minimum atomic E-state index is -3.47. The van der Waals surface area contributed by atoms with Crippen LogP contribution in [0.4, 0.5) is 0 Å². The Labute approximate surface area is 107 Å². The highest BCUT2D eigenvalue weighted by Crippen LogP contribution is 2.20. The molecule has 1 heterocycles. The van der Waals surface area contributed by atoms with Gasteiger partial charge < -0.3 is 4.98 Å². The van der Waals surface area contributed by atoms with Crippen LogP contribution in [0, 0.1) is 0 Å². The predicted octanol–water partition coefficient (Wildman–Crippen LogP) is 1.39. The highest BCUT2D eigenvalue weighted by atomic mass is 32.2. The topological polar surface area (TPSA) is 74.8 Å². The van der Waals surface area contributed by atoms with E-state index < -0.39 is 10.0 Å². The molecule has 0 saturated carbocycles. The van der Waals surface area contributed by atoms with Crippen molar-refractivity contribution >= 4 is 21.8 Å². The number of nitrogens with zero attached hydrogens (tertiary/aromatic N) is 1. The number of H-pyrrole nitrogens is 1. The van der Waals surface area contributed by atoms with Gasteiger partial charge in [0.15, 0.2) is 5.03 Å². The van der Waals surface area contributed by atoms with Crippen LogP contribution in [-0.2, 0) is 16.4 Å². The van der Waals surface area contributed by atoms with Gasteiger partial charge in [-0.25, -0.2) is 18.1 Å². The molecule has 0 radical (unpaired) electrons. The number of rotatable bonds is 6. The first kappa shape index (κ1) is 14.5. The zero-order valence-electron chi connectivity index (χ0n) is 10.6. The van der Waals surface area contributed by atoms with Crippen LogP contribution in [0.15, 0.2) is 11.2 Å². The fourth-order valence-corrected chi connectivity index (χ4v) is 2.54. The molecule has 98 valence electrons. The summed E-state index contributed by atoms with van der Waals surface area (Å²) in [7, 11) is -3.47. The fraction of sp³-hybridized carbons (Fsp3) is 0.700. The Balaban J connectivity index is 2.76. The van der Waals surface area contributed by atoms with Crippen molar-refractivity contribution in [3.05, 3.63) is 12.0 Å². The van der Waals surface area contributed by atoms with Crippen molar-refractivity contribution in [2.75, 3.05) is 12.8 Å². The van der Waals surface area contributed by atoms with Crippen molar-refractivity contribution in [2.45, 2.75) is 37.0 Å². The third-order valence-corrected chi connectivity index (χ3v) is 5.03. The average Bonchev–Trinajstić information content (AvgIpc) is 2.76. The van der Waals surface area contributed by atoms with Crippen molar-refractivity contribution in [1.82, 2.24) is 14.7 Å². The van der Waals surface area contributed by atoms with Gasteiger partial charge in [-0.1, -0.05) is 6.92 Å². The van der Waals surface area contributed by atoms with Gasteiger partial charge in [0.25, 0.3) is 10.0 Å². The summed E-state index contributed by atoms with van der Waals surface area (Å²) in [5, 5.41) is 0.131. The van der Waals surface area contributed by atoms with Gasteiger partial charge in [0.2, 0.25) is 0 Å². The Bertz CT molecular complexity index is 466. The van der Waals surface area contributed by atoms with E-state index in [0.29, 0.717) is 18.8 Å². The first-order chi connectivity index (χ1) is 7.80. The first-order valence-corrected chi connectivity index (χ1v) is 8.10. The molecule has 0 atom stereocenters. The summed E-state index contributed by atoms with van der Waals surface area (Å²) in [6.45, 7) is 6.28. The van der Waals surface area contributed by atoms with Crippen LogP contribution in [0.5, 0.6) is 0 Å². The van der Waals surface area contributed by atoms with Crippen molar-refractivity contribution in [3.8, 4) is 0 Å². The van der Waals surface area contributed by atoms with E-state index in [1.165, 1.54) is 6.20 Å². The van der Waals surface area contributed by atoms with E-state index in [1.807, 2.05) is 27.0 Å². The van der Waals surface area contributed by atoms with E-state index in [4.69, 9.17) is 0 Å². The van der Waals surface area contributed by atoms with Gasteiger partial charge in [0.1, 0.15) is 5.82 Å². The Morgan fingerprint density at radius 3 is 2.65 bits per heavy atom. The molecule has 0 aliphatic carbocycles. The Morgan fingerprint density at radius 1 is 1.53 bits per heavy atom. The smallest absolute Gasteiger partial charge is 0.257 e. The monoisotopic (exact) mass is 277 g/mol. The molecule has 0 aliphatic heterocycles. The highest BCUT2D eigenvalue weighted by Gasteiger charge is 2.22. The summed E-state index contributed by atoms with van der Waals surface area (Å²) < 4.78 is 26.3. The molecule has 0 amide bonds. The molecule has 0 fully saturated rings. The standard InChI is InChI=1S/C10H19N3O2S2/c1-5-8-11-6-9(13-8)17(14,15)12-7-10(2,3)16-4/h6,12H,5,7H2,1-4H3,(H,11,13). The van der Waals surface area contributed by atoms with E-state index in [0.717, 1.165) is 0 Å². The van der Waals surface area contributed by atoms with Gasteiger partial charge in [-0.2, -0.15) is 11.8 Å². The molecule has 0 bridgehead atoms. The third-order valence-electron chi connectivity index (χ3n) is 2.47. The summed E-state index contributed by atoms with van der Waals surface area (Å²) in [4.78, 5) is 6.77. The Kier molecular flexibility index (Phi) is 4.62. The number of aryl methyl sites for hydroxylation is 1. The van der Waals surface area contributed by atoms with Gasteiger partial charge in [-0.05, 0) is 20.1 Å². The minimum absolute atomic E-state index is 0.124. The zero-order valence-corrected chi connectivity index (χ0v) is 12.2. The van der Waals surface area contributed by atoms with Crippen LogP contribution >= 0.6 is 11.8 Å². The van der Waals surface area contributed by atoms with Crippen LogP contribution < -0.4 is 4.72 Å². The number of aromatic nitrogens is 2. The van der Waals surface area contributed by atoms with Crippen LogP contribution in [0.25, 0.3) is 0 Å². The van der Waals surface area contributed by atoms with E-state index in [-0.39, 0.29) is 9.77 Å². The maximum Gasteiger partial charge on any atom is 0.257 e. The van der Waals surface area contributed by atoms with Gasteiger partial charge in [-0.15, -0.1) is 0 Å². The number of hydrogen-bond donors (Lipinski definition) is 2. The zero-order chi connectivity index (χ0) is 13.1. The van der Waals surface area contributed by atoms with Crippen LogP contribution in [0.2, 0.25) is 0 Å². The van der Waals surface area contributed by atoms with Gasteiger partial charge in [0, 0.05) is 17.7 Å². The van der Waals surface area contributed by atoms with Gasteiger partial charge in [0.05, 0.1) is 6.20 Å². The number of imidazole rings is 1. The van der Waals surface area contributed by atoms with E-state index in [1.54, 1.807) is 11.8 Å². The molecule has 0 unspecified atom stereocenters. The lowest BCUT2D eigenvalue weighted by Crippen LogP contribution is -2.36. The van der Waals surface area contributed by atoms with Crippen molar-refractivity contribution in [2.24, 2.45) is 0 Å². The second-order valence-corrected chi connectivity index (χ2v) is 7.58. The van der Waals surface area contributed by atoms with Crippen LogP contribution in [-0.4, -0.2) is 35.9 Å². The second-order valence-electron chi connectivity index (χ2n) is 4.34. The lowest BCUT2D eigenvalue weighted by atomic mass is 10.2. The minimum Gasteiger partial charge on any atom is -0.332 e. The van der Waals surface area contributed by atoms with Gasteiger partial charge in [-0.3, -0.25) is 0 Å². The number of thioether (sulfide) groups is 1. The maximum absolute atomic E-state index is 11.9. The number of sulfonamides is 1. The van der Waals surface area contributed by atoms with Crippen molar-refractivity contribution in [3.63, 3.8) is 0 Å². The normalized spacial score (nSPS) is 12.9. The molecule has 0 aromatic carbocycles. The summed E-state index contributed by atoms with van der Waals surface area (Å²) in [5.41, 5.74) is 0. The predicted molar refractivity (Wildman–Crippen MR) is 70.7 cm³/mol. The third kappa shape index (κ3) is 4.01. The largest absolute Gasteiger partial charge is 0.332 e. The second kappa shape index (κ2) is 5.41. The first-order valence-electron chi connectivity index (χ1n) is 5.39. The molecule has 0 aliphatic rings. The summed E-state index contributed by atoms with van der Waals surface area (Å²) in [5.74, 6) is 0.675. The molecule has 2 N–H and O–H groups in total. The molecule has 1 aromatic rings. The average molecular weight is 277 g/mol. The quantitative estimate of drug-likeness (QED) is 0.824. The summed E-state index contributed by atoms with van der Waals surface area (Å²) >= 11 is 1.62. The molecule has 5 nitrogen and oxygen atoms in total. The number of hydrogen-bond acceptors (Lipinski definition) is 4. The lowest BCUT2D eigenvalue weighted by molar-refractivity contribution is 0.567. The van der Waals surface area contributed by atoms with Crippen LogP contribution in [0.1, 0.15) is 26.6 Å². The molecular weight excluding hydrogens is 258 g/mol. The van der Waals surface area contributed by atoms with Crippen molar-refractivity contribution in [1.29, 1.82) is 0 Å². The summed E-state index contributed by atoms with van der Waals surface area (Å²) in [6, 6.07) is 0. The van der Waals surface area contributed by atoms with Crippen LogP contribution in [0.3, 0.4) is 0 Å². The highest BCUT2D eigenvalue weighted by molar-refractivity contribution is 8.00. The van der Waals surface area contributed by atoms with Crippen molar-refractivity contribution < 1.29 is 8.42 Å². The molecular formula is C10H19N3O2S2. The number of nitrogens with one attached hydrogen (secondary N) is 2.